The molecule has 2 fully saturated rings. The van der Waals surface area contributed by atoms with Crippen molar-refractivity contribution < 1.29 is 14.7 Å². The quantitative estimate of drug-likeness (QED) is 0.420. The summed E-state index contributed by atoms with van der Waals surface area (Å²) >= 11 is 0. The molecule has 2 aromatic carbocycles. The molecule has 7 nitrogen and oxygen atoms in total. The summed E-state index contributed by atoms with van der Waals surface area (Å²) in [6.07, 6.45) is 3.86. The lowest BCUT2D eigenvalue weighted by Gasteiger charge is -2.41. The molecule has 2 saturated heterocycles. The highest BCUT2D eigenvalue weighted by atomic mass is 16.3. The number of aliphatic hydroxyl groups is 1. The number of anilines is 1. The Balaban J connectivity index is 1.41. The second-order valence-electron chi connectivity index (χ2n) is 11.9. The van der Waals surface area contributed by atoms with Crippen LogP contribution in [0.5, 0.6) is 0 Å². The fraction of sp³-hybridized carbons (Fsp3) is 0.375. The molecule has 3 aliphatic rings. The number of piperazine rings is 1. The molecule has 0 bridgehead atoms. The molecule has 1 aromatic heterocycles. The van der Waals surface area contributed by atoms with Crippen LogP contribution in [0.15, 0.2) is 72.8 Å². The summed E-state index contributed by atoms with van der Waals surface area (Å²) in [5.41, 5.74) is 4.11. The van der Waals surface area contributed by atoms with Gasteiger partial charge in [-0.2, -0.15) is 0 Å². The number of aromatic amines is 1. The maximum atomic E-state index is 14.3. The van der Waals surface area contributed by atoms with E-state index >= 15 is 0 Å². The number of hydrogen-bond acceptors (Lipinski definition) is 4. The van der Waals surface area contributed by atoms with Crippen LogP contribution < -0.4 is 10.2 Å². The van der Waals surface area contributed by atoms with Crippen molar-refractivity contribution in [2.24, 2.45) is 0 Å². The minimum Gasteiger partial charge on any atom is -0.381 e. The zero-order valence-corrected chi connectivity index (χ0v) is 23.0. The second kappa shape index (κ2) is 8.85. The molecule has 3 aromatic rings. The maximum absolute atomic E-state index is 14.3. The van der Waals surface area contributed by atoms with Gasteiger partial charge < -0.3 is 25.2 Å². The van der Waals surface area contributed by atoms with Gasteiger partial charge in [-0.25, -0.2) is 0 Å². The van der Waals surface area contributed by atoms with Crippen LogP contribution in [0.1, 0.15) is 50.9 Å². The van der Waals surface area contributed by atoms with Crippen molar-refractivity contribution in [3.8, 4) is 0 Å². The minimum absolute atomic E-state index is 0.164. The lowest BCUT2D eigenvalue weighted by atomic mass is 9.84. The van der Waals surface area contributed by atoms with Gasteiger partial charge in [0.05, 0.1) is 0 Å². The van der Waals surface area contributed by atoms with Crippen LogP contribution in [-0.4, -0.2) is 51.6 Å². The number of H-pyrrole nitrogens is 1. The summed E-state index contributed by atoms with van der Waals surface area (Å²) in [5, 5.41) is 16.2. The van der Waals surface area contributed by atoms with Crippen LogP contribution in [-0.2, 0) is 27.0 Å². The van der Waals surface area contributed by atoms with E-state index in [1.54, 1.807) is 4.90 Å². The van der Waals surface area contributed by atoms with E-state index in [1.807, 2.05) is 68.5 Å². The van der Waals surface area contributed by atoms with Gasteiger partial charge in [-0.3, -0.25) is 9.59 Å². The van der Waals surface area contributed by atoms with Crippen molar-refractivity contribution in [2.75, 3.05) is 11.4 Å². The number of aromatic nitrogens is 1. The standard InChI is InChI=1S/C32H36N4O3/c1-6-31(4,5)27-21(20-11-7-9-13-23(20)33-27)17-24-29(38)36-26(28(37)34-24)18-32(39)22-12-8-10-14-25(22)35(30(32)36)16-15-19(2)3/h6-15,24,26,30,33,39H,1,16-18H2,2-5H3,(H,34,37)/t24-,26-,30+,32-/m0/s1. The van der Waals surface area contributed by atoms with Crippen LogP contribution in [0.25, 0.3) is 10.9 Å². The molecule has 0 spiro atoms. The molecule has 2 amide bonds. The van der Waals surface area contributed by atoms with Gasteiger partial charge in [0.25, 0.3) is 0 Å². The van der Waals surface area contributed by atoms with Crippen molar-refractivity contribution in [3.05, 3.63) is 89.7 Å². The first-order valence-electron chi connectivity index (χ1n) is 13.6. The molecular formula is C32H36N4O3. The third-order valence-electron chi connectivity index (χ3n) is 8.75. The number of hydrogen-bond donors (Lipinski definition) is 3. The van der Waals surface area contributed by atoms with Gasteiger partial charge in [0, 0.05) is 52.6 Å². The molecule has 0 radical (unpaired) electrons. The number of carbonyl (C=O) groups excluding carboxylic acids is 2. The molecule has 39 heavy (non-hydrogen) atoms. The number of amides is 2. The van der Waals surface area contributed by atoms with E-state index in [-0.39, 0.29) is 23.7 Å². The molecule has 202 valence electrons. The molecule has 4 atom stereocenters. The van der Waals surface area contributed by atoms with Gasteiger partial charge in [0.1, 0.15) is 23.9 Å². The largest absolute Gasteiger partial charge is 0.381 e. The van der Waals surface area contributed by atoms with Gasteiger partial charge in [-0.15, -0.1) is 6.58 Å². The zero-order chi connectivity index (χ0) is 27.7. The Kier molecular flexibility index (Phi) is 5.77. The Morgan fingerprint density at radius 1 is 1.15 bits per heavy atom. The first-order chi connectivity index (χ1) is 18.6. The number of rotatable bonds is 6. The number of allylic oxidation sites excluding steroid dienone is 2. The van der Waals surface area contributed by atoms with E-state index in [9.17, 15) is 14.7 Å². The average molecular weight is 525 g/mol. The van der Waals surface area contributed by atoms with Gasteiger partial charge in [-0.1, -0.05) is 68.0 Å². The van der Waals surface area contributed by atoms with Crippen LogP contribution in [0.2, 0.25) is 0 Å². The van der Waals surface area contributed by atoms with Gasteiger partial charge >= 0.3 is 0 Å². The average Bonchev–Trinajstić information content (AvgIpc) is 3.52. The van der Waals surface area contributed by atoms with Crippen LogP contribution >= 0.6 is 0 Å². The summed E-state index contributed by atoms with van der Waals surface area (Å²) in [7, 11) is 0. The van der Waals surface area contributed by atoms with E-state index in [0.717, 1.165) is 39.0 Å². The third-order valence-corrected chi connectivity index (χ3v) is 8.75. The first kappa shape index (κ1) is 25.4. The summed E-state index contributed by atoms with van der Waals surface area (Å²) in [5.74, 6) is -0.380. The van der Waals surface area contributed by atoms with Crippen LogP contribution in [0.4, 0.5) is 5.69 Å². The van der Waals surface area contributed by atoms with Crippen molar-refractivity contribution in [3.63, 3.8) is 0 Å². The number of para-hydroxylation sites is 2. The third kappa shape index (κ3) is 3.74. The van der Waals surface area contributed by atoms with Gasteiger partial charge in [0.15, 0.2) is 0 Å². The van der Waals surface area contributed by atoms with E-state index in [4.69, 9.17) is 0 Å². The maximum Gasteiger partial charge on any atom is 0.247 e. The van der Waals surface area contributed by atoms with Crippen molar-refractivity contribution >= 4 is 28.4 Å². The summed E-state index contributed by atoms with van der Waals surface area (Å²) in [6, 6.07) is 14.3. The number of carbonyl (C=O) groups is 2. The molecular weight excluding hydrogens is 488 g/mol. The highest BCUT2D eigenvalue weighted by Gasteiger charge is 2.64. The molecule has 4 heterocycles. The van der Waals surface area contributed by atoms with E-state index in [2.05, 4.69) is 41.7 Å². The normalized spacial score (nSPS) is 25.8. The monoisotopic (exact) mass is 524 g/mol. The van der Waals surface area contributed by atoms with Crippen molar-refractivity contribution in [2.45, 2.75) is 69.8 Å². The molecule has 3 N–H and O–H groups in total. The molecule has 0 unspecified atom stereocenters. The van der Waals surface area contributed by atoms with Crippen LogP contribution in [0, 0.1) is 0 Å². The highest BCUT2D eigenvalue weighted by molar-refractivity contribution is 5.99. The fourth-order valence-electron chi connectivity index (χ4n) is 6.67. The SMILES string of the molecule is C=CC(C)(C)c1[nH]c2ccccc2c1C[C@@H]1NC(=O)[C@@H]2C[C@]3(O)c4ccccc4N(CC=C(C)C)[C@@H]3N2C1=O. The zero-order valence-electron chi connectivity index (χ0n) is 23.0. The Bertz CT molecular complexity index is 1530. The Hall–Kier alpha value is -3.84. The topological polar surface area (TPSA) is 88.7 Å². The van der Waals surface area contributed by atoms with Crippen molar-refractivity contribution in [1.82, 2.24) is 15.2 Å². The van der Waals surface area contributed by atoms with E-state index < -0.39 is 23.9 Å². The van der Waals surface area contributed by atoms with Gasteiger partial charge in [0.2, 0.25) is 11.8 Å². The summed E-state index contributed by atoms with van der Waals surface area (Å²) in [4.78, 5) is 35.1. The Labute approximate surface area is 229 Å². The predicted octanol–water partition coefficient (Wildman–Crippen LogP) is 4.27. The smallest absolute Gasteiger partial charge is 0.247 e. The predicted molar refractivity (Wildman–Crippen MR) is 153 cm³/mol. The Morgan fingerprint density at radius 2 is 1.87 bits per heavy atom. The van der Waals surface area contributed by atoms with E-state index in [1.165, 1.54) is 0 Å². The van der Waals surface area contributed by atoms with E-state index in [0.29, 0.717) is 13.0 Å². The summed E-state index contributed by atoms with van der Waals surface area (Å²) in [6.45, 7) is 12.8. The number of fused-ring (bicyclic) bond motifs is 6. The number of nitrogens with zero attached hydrogens (tertiary/aromatic N) is 2. The molecule has 6 rings (SSSR count). The van der Waals surface area contributed by atoms with Gasteiger partial charge in [-0.05, 0) is 31.5 Å². The Morgan fingerprint density at radius 3 is 2.62 bits per heavy atom. The molecule has 0 saturated carbocycles. The molecule has 7 heteroatoms. The lowest BCUT2D eigenvalue weighted by Crippen LogP contribution is -2.66. The highest BCUT2D eigenvalue weighted by Crippen LogP contribution is 2.53. The minimum atomic E-state index is -1.32. The molecule has 0 aliphatic carbocycles. The van der Waals surface area contributed by atoms with Crippen LogP contribution in [0.3, 0.4) is 0 Å². The van der Waals surface area contributed by atoms with Crippen molar-refractivity contribution in [1.29, 1.82) is 0 Å². The lowest BCUT2D eigenvalue weighted by molar-refractivity contribution is -0.149. The fourth-order valence-corrected chi connectivity index (χ4v) is 6.67. The summed E-state index contributed by atoms with van der Waals surface area (Å²) < 4.78 is 0. The second-order valence-corrected chi connectivity index (χ2v) is 11.9. The number of nitrogens with one attached hydrogen (secondary N) is 2. The number of benzene rings is 2. The molecule has 3 aliphatic heterocycles. The first-order valence-corrected chi connectivity index (χ1v) is 13.6.